The van der Waals surface area contributed by atoms with Gasteiger partial charge >= 0.3 is 0 Å². The van der Waals surface area contributed by atoms with Crippen LogP contribution in [-0.4, -0.2) is 23.1 Å². The maximum absolute atomic E-state index is 12.0. The fourth-order valence-electron chi connectivity index (χ4n) is 2.06. The van der Waals surface area contributed by atoms with Gasteiger partial charge in [-0.15, -0.1) is 0 Å². The molecule has 0 spiro atoms. The summed E-state index contributed by atoms with van der Waals surface area (Å²) >= 11 is 1.42. The van der Waals surface area contributed by atoms with Crippen LogP contribution in [0.2, 0.25) is 0 Å². The minimum atomic E-state index is -0.447. The fourth-order valence-corrected chi connectivity index (χ4v) is 2.98. The molecule has 1 saturated carbocycles. The highest BCUT2D eigenvalue weighted by molar-refractivity contribution is 7.22. The van der Waals surface area contributed by atoms with Gasteiger partial charge in [-0.2, -0.15) is 0 Å². The van der Waals surface area contributed by atoms with Gasteiger partial charge in [0.2, 0.25) is 0 Å². The van der Waals surface area contributed by atoms with E-state index in [1.807, 2.05) is 12.1 Å². The molecule has 1 fully saturated rings. The average Bonchev–Trinajstić information content (AvgIpc) is 2.74. The normalized spacial score (nSPS) is 16.9. The van der Waals surface area contributed by atoms with E-state index >= 15 is 0 Å². The number of hydrogen-bond acceptors (Lipinski definition) is 5. The zero-order chi connectivity index (χ0) is 14.1. The van der Waals surface area contributed by atoms with Crippen molar-refractivity contribution in [2.24, 2.45) is 0 Å². The minimum absolute atomic E-state index is 0.149. The van der Waals surface area contributed by atoms with Crippen LogP contribution in [0.5, 0.6) is 0 Å². The van der Waals surface area contributed by atoms with Crippen molar-refractivity contribution in [3.8, 4) is 0 Å². The van der Waals surface area contributed by atoms with E-state index in [1.165, 1.54) is 17.8 Å². The number of benzene rings is 1. The molecule has 0 aliphatic heterocycles. The summed E-state index contributed by atoms with van der Waals surface area (Å²) in [4.78, 5) is 16.4. The monoisotopic (exact) mass is 291 g/mol. The van der Waals surface area contributed by atoms with Crippen molar-refractivity contribution in [1.82, 2.24) is 4.98 Å². The molecular formula is C14H17N3O2S. The number of aromatic nitrogens is 1. The van der Waals surface area contributed by atoms with E-state index in [-0.39, 0.29) is 12.0 Å². The maximum Gasteiger partial charge on any atom is 0.255 e. The number of anilines is 2. The second kappa shape index (κ2) is 5.38. The quantitative estimate of drug-likeness (QED) is 0.849. The molecular weight excluding hydrogens is 274 g/mol. The van der Waals surface area contributed by atoms with Gasteiger partial charge in [0.1, 0.15) is 6.10 Å². The van der Waals surface area contributed by atoms with E-state index in [0.717, 1.165) is 23.1 Å². The van der Waals surface area contributed by atoms with E-state index < -0.39 is 6.10 Å². The molecule has 0 radical (unpaired) electrons. The summed E-state index contributed by atoms with van der Waals surface area (Å²) in [5.74, 6) is -0.149. The number of thiazole rings is 1. The molecule has 106 valence electrons. The molecule has 0 bridgehead atoms. The largest absolute Gasteiger partial charge is 0.399 e. The van der Waals surface area contributed by atoms with Crippen molar-refractivity contribution in [1.29, 1.82) is 0 Å². The topological polar surface area (TPSA) is 77.2 Å². The Labute approximate surface area is 121 Å². The number of nitrogen functional groups attached to an aromatic ring is 1. The summed E-state index contributed by atoms with van der Waals surface area (Å²) in [6, 6.07) is 5.51. The zero-order valence-electron chi connectivity index (χ0n) is 11.3. The Morgan fingerprint density at radius 3 is 3.05 bits per heavy atom. The van der Waals surface area contributed by atoms with Crippen molar-refractivity contribution < 1.29 is 9.53 Å². The van der Waals surface area contributed by atoms with Crippen molar-refractivity contribution in [2.75, 3.05) is 11.1 Å². The van der Waals surface area contributed by atoms with Gasteiger partial charge < -0.3 is 10.5 Å². The molecule has 2 aromatic rings. The Morgan fingerprint density at radius 2 is 2.35 bits per heavy atom. The van der Waals surface area contributed by atoms with Crippen LogP contribution in [0.4, 0.5) is 10.8 Å². The molecule has 3 rings (SSSR count). The van der Waals surface area contributed by atoms with Crippen LogP contribution in [0.1, 0.15) is 26.2 Å². The highest BCUT2D eigenvalue weighted by Crippen LogP contribution is 2.28. The van der Waals surface area contributed by atoms with Crippen molar-refractivity contribution in [3.63, 3.8) is 0 Å². The Hall–Kier alpha value is -1.66. The molecule has 5 nitrogen and oxygen atoms in total. The second-order valence-corrected chi connectivity index (χ2v) is 6.10. The number of fused-ring (bicyclic) bond motifs is 1. The fraction of sp³-hybridized carbons (Fsp3) is 0.429. The van der Waals surface area contributed by atoms with Gasteiger partial charge in [0, 0.05) is 5.69 Å². The smallest absolute Gasteiger partial charge is 0.255 e. The third-order valence-corrected chi connectivity index (χ3v) is 4.39. The van der Waals surface area contributed by atoms with Gasteiger partial charge in [-0.25, -0.2) is 4.98 Å². The summed E-state index contributed by atoms with van der Waals surface area (Å²) < 4.78 is 6.62. The lowest BCUT2D eigenvalue weighted by atomic mass is 9.96. The van der Waals surface area contributed by atoms with E-state index in [1.54, 1.807) is 13.0 Å². The van der Waals surface area contributed by atoms with Gasteiger partial charge in [-0.1, -0.05) is 11.3 Å². The van der Waals surface area contributed by atoms with Gasteiger partial charge in [-0.05, 0) is 44.4 Å². The first-order chi connectivity index (χ1) is 9.61. The lowest BCUT2D eigenvalue weighted by Gasteiger charge is -2.28. The van der Waals surface area contributed by atoms with E-state index in [0.29, 0.717) is 10.8 Å². The SMILES string of the molecule is CC(OC1CCC1)C(=O)Nc1nc2ccc(N)cc2s1. The van der Waals surface area contributed by atoms with Crippen LogP contribution < -0.4 is 11.1 Å². The molecule has 1 unspecified atom stereocenters. The van der Waals surface area contributed by atoms with Crippen LogP contribution >= 0.6 is 11.3 Å². The summed E-state index contributed by atoms with van der Waals surface area (Å²) in [6.45, 7) is 1.78. The number of carbonyl (C=O) groups is 1. The van der Waals surface area contributed by atoms with Crippen molar-refractivity contribution in [3.05, 3.63) is 18.2 Å². The first kappa shape index (κ1) is 13.3. The number of hydrogen-bond donors (Lipinski definition) is 2. The van der Waals surface area contributed by atoms with Crippen LogP contribution in [0, 0.1) is 0 Å². The first-order valence-electron chi connectivity index (χ1n) is 6.74. The van der Waals surface area contributed by atoms with Crippen LogP contribution in [0.3, 0.4) is 0 Å². The maximum atomic E-state index is 12.0. The molecule has 1 atom stereocenters. The summed E-state index contributed by atoms with van der Waals surface area (Å²) in [5, 5.41) is 3.39. The first-order valence-corrected chi connectivity index (χ1v) is 7.56. The van der Waals surface area contributed by atoms with Crippen LogP contribution in [0.15, 0.2) is 18.2 Å². The van der Waals surface area contributed by atoms with Crippen molar-refractivity contribution in [2.45, 2.75) is 38.4 Å². The van der Waals surface area contributed by atoms with Gasteiger partial charge in [0.05, 0.1) is 16.3 Å². The van der Waals surface area contributed by atoms with Gasteiger partial charge in [0.15, 0.2) is 5.13 Å². The second-order valence-electron chi connectivity index (χ2n) is 5.07. The van der Waals surface area contributed by atoms with Gasteiger partial charge in [-0.3, -0.25) is 10.1 Å². The Balaban J connectivity index is 1.66. The zero-order valence-corrected chi connectivity index (χ0v) is 12.1. The van der Waals surface area contributed by atoms with Gasteiger partial charge in [0.25, 0.3) is 5.91 Å². The number of nitrogens with zero attached hydrogens (tertiary/aromatic N) is 1. The van der Waals surface area contributed by atoms with Crippen LogP contribution in [0.25, 0.3) is 10.2 Å². The average molecular weight is 291 g/mol. The number of nitrogens with one attached hydrogen (secondary N) is 1. The van der Waals surface area contributed by atoms with Crippen LogP contribution in [-0.2, 0) is 9.53 Å². The third kappa shape index (κ3) is 2.76. The number of ether oxygens (including phenoxy) is 1. The third-order valence-electron chi connectivity index (χ3n) is 3.46. The van der Waals surface area contributed by atoms with E-state index in [9.17, 15) is 4.79 Å². The minimum Gasteiger partial charge on any atom is -0.399 e. The lowest BCUT2D eigenvalue weighted by molar-refractivity contribution is -0.133. The standard InChI is InChI=1S/C14H17N3O2S/c1-8(19-10-3-2-4-10)13(18)17-14-16-11-6-5-9(15)7-12(11)20-14/h5-8,10H,2-4,15H2,1H3,(H,16,17,18). The Kier molecular flexibility index (Phi) is 3.58. The number of nitrogens with two attached hydrogens (primary N) is 1. The lowest BCUT2D eigenvalue weighted by Crippen LogP contribution is -2.34. The predicted octanol–water partition coefficient (Wildman–Crippen LogP) is 2.77. The number of carbonyl (C=O) groups excluding carboxylic acids is 1. The summed E-state index contributed by atoms with van der Waals surface area (Å²) in [5.41, 5.74) is 7.27. The molecule has 1 heterocycles. The highest BCUT2D eigenvalue weighted by Gasteiger charge is 2.24. The van der Waals surface area contributed by atoms with Crippen molar-refractivity contribution >= 4 is 38.3 Å². The molecule has 1 aliphatic rings. The molecule has 1 aromatic carbocycles. The molecule has 1 aliphatic carbocycles. The molecule has 6 heteroatoms. The molecule has 0 saturated heterocycles. The molecule has 1 amide bonds. The number of rotatable bonds is 4. The Morgan fingerprint density at radius 1 is 1.55 bits per heavy atom. The molecule has 1 aromatic heterocycles. The Bertz CT molecular complexity index is 636. The number of amides is 1. The predicted molar refractivity (Wildman–Crippen MR) is 80.8 cm³/mol. The molecule has 3 N–H and O–H groups in total. The highest BCUT2D eigenvalue weighted by atomic mass is 32.1. The van der Waals surface area contributed by atoms with E-state index in [4.69, 9.17) is 10.5 Å². The molecule has 20 heavy (non-hydrogen) atoms. The summed E-state index contributed by atoms with van der Waals surface area (Å²) in [6.07, 6.45) is 3.09. The summed E-state index contributed by atoms with van der Waals surface area (Å²) in [7, 11) is 0. The van der Waals surface area contributed by atoms with E-state index in [2.05, 4.69) is 10.3 Å².